The molecule has 120 valence electrons. The Bertz CT molecular complexity index is 305. The maximum Gasteiger partial charge on any atom is 0.192 e. The fraction of sp³-hybridized carbons (Fsp3) is 0.941. The molecule has 1 unspecified atom stereocenters. The Kier molecular flexibility index (Phi) is 7.68. The molecule has 0 saturated heterocycles. The minimum atomic E-state index is -1.72. The molecule has 0 aliphatic rings. The van der Waals surface area contributed by atoms with Crippen LogP contribution in [-0.4, -0.2) is 20.2 Å². The molecule has 0 spiro atoms. The Morgan fingerprint density at radius 1 is 1.15 bits per heavy atom. The van der Waals surface area contributed by atoms with Crippen molar-refractivity contribution in [3.05, 3.63) is 0 Å². The molecule has 0 saturated carbocycles. The van der Waals surface area contributed by atoms with Crippen molar-refractivity contribution in [2.24, 2.45) is 11.8 Å². The maximum absolute atomic E-state index is 11.8. The van der Waals surface area contributed by atoms with Gasteiger partial charge in [0.2, 0.25) is 0 Å². The van der Waals surface area contributed by atoms with Gasteiger partial charge in [0.1, 0.15) is 5.78 Å². The summed E-state index contributed by atoms with van der Waals surface area (Å²) in [5.41, 5.74) is 0. The summed E-state index contributed by atoms with van der Waals surface area (Å²) in [6.45, 7) is 19.9. The first-order valence-corrected chi connectivity index (χ1v) is 11.1. The van der Waals surface area contributed by atoms with Gasteiger partial charge >= 0.3 is 0 Å². The van der Waals surface area contributed by atoms with Crippen molar-refractivity contribution < 1.29 is 9.22 Å². The number of hydrogen-bond acceptors (Lipinski definition) is 2. The zero-order valence-corrected chi connectivity index (χ0v) is 16.2. The van der Waals surface area contributed by atoms with E-state index in [1.54, 1.807) is 0 Å². The Hall–Kier alpha value is -0.153. The van der Waals surface area contributed by atoms with Crippen LogP contribution in [0.25, 0.3) is 0 Å². The van der Waals surface area contributed by atoms with Crippen LogP contribution in [0.5, 0.6) is 0 Å². The van der Waals surface area contributed by atoms with Crippen LogP contribution >= 0.6 is 0 Å². The number of hydrogen-bond donors (Lipinski definition) is 0. The van der Waals surface area contributed by atoms with Crippen LogP contribution in [0, 0.1) is 11.8 Å². The summed E-state index contributed by atoms with van der Waals surface area (Å²) >= 11 is 0. The van der Waals surface area contributed by atoms with Crippen LogP contribution in [0.1, 0.15) is 67.7 Å². The molecule has 20 heavy (non-hydrogen) atoms. The van der Waals surface area contributed by atoms with E-state index in [-0.39, 0.29) is 17.1 Å². The van der Waals surface area contributed by atoms with Crippen LogP contribution in [0.2, 0.25) is 18.1 Å². The van der Waals surface area contributed by atoms with Crippen molar-refractivity contribution in [3.8, 4) is 0 Å². The highest BCUT2D eigenvalue weighted by molar-refractivity contribution is 6.74. The molecule has 0 bridgehead atoms. The molecule has 3 heteroatoms. The zero-order valence-electron chi connectivity index (χ0n) is 15.2. The molecule has 0 rings (SSSR count). The van der Waals surface area contributed by atoms with Gasteiger partial charge in [0.15, 0.2) is 8.32 Å². The molecule has 0 aromatic carbocycles. The quantitative estimate of drug-likeness (QED) is 0.559. The number of ketones is 1. The van der Waals surface area contributed by atoms with Gasteiger partial charge < -0.3 is 4.43 Å². The average Bonchev–Trinajstić information content (AvgIpc) is 2.33. The van der Waals surface area contributed by atoms with Crippen LogP contribution in [0.4, 0.5) is 0 Å². The highest BCUT2D eigenvalue weighted by Crippen LogP contribution is 2.39. The predicted octanol–water partition coefficient (Wildman–Crippen LogP) is 5.43. The molecule has 0 N–H and O–H groups in total. The van der Waals surface area contributed by atoms with E-state index in [1.165, 1.54) is 0 Å². The third-order valence-electron chi connectivity index (χ3n) is 4.91. The lowest BCUT2D eigenvalue weighted by atomic mass is 9.89. The van der Waals surface area contributed by atoms with E-state index in [2.05, 4.69) is 54.6 Å². The smallest absolute Gasteiger partial charge is 0.192 e. The second-order valence-corrected chi connectivity index (χ2v) is 12.5. The molecule has 0 amide bonds. The van der Waals surface area contributed by atoms with Crippen molar-refractivity contribution in [2.75, 3.05) is 0 Å². The van der Waals surface area contributed by atoms with E-state index in [9.17, 15) is 4.79 Å². The molecule has 0 aliphatic carbocycles. The van der Waals surface area contributed by atoms with E-state index in [1.807, 2.05) is 6.92 Å². The second kappa shape index (κ2) is 7.74. The molecular formula is C17H36O2Si. The number of Topliss-reactive ketones (excluding diaryl/α,β-unsaturated/α-hetero) is 1. The lowest BCUT2D eigenvalue weighted by Gasteiger charge is -2.41. The summed E-state index contributed by atoms with van der Waals surface area (Å²) in [6.07, 6.45) is 2.90. The van der Waals surface area contributed by atoms with Gasteiger partial charge in [-0.05, 0) is 36.9 Å². The van der Waals surface area contributed by atoms with Gasteiger partial charge in [-0.15, -0.1) is 0 Å². The first-order valence-electron chi connectivity index (χ1n) is 8.16. The lowest BCUT2D eigenvalue weighted by Crippen LogP contribution is -2.45. The van der Waals surface area contributed by atoms with Crippen LogP contribution in [-0.2, 0) is 9.22 Å². The van der Waals surface area contributed by atoms with Crippen LogP contribution in [0.15, 0.2) is 0 Å². The molecule has 0 radical (unpaired) electrons. The highest BCUT2D eigenvalue weighted by Gasteiger charge is 2.39. The summed E-state index contributed by atoms with van der Waals surface area (Å²) in [6, 6.07) is 0. The Morgan fingerprint density at radius 2 is 1.65 bits per heavy atom. The third-order valence-corrected chi connectivity index (χ3v) is 9.42. The molecule has 0 aliphatic heterocycles. The van der Waals surface area contributed by atoms with E-state index < -0.39 is 8.32 Å². The van der Waals surface area contributed by atoms with Crippen LogP contribution in [0.3, 0.4) is 0 Å². The van der Waals surface area contributed by atoms with Crippen molar-refractivity contribution in [1.82, 2.24) is 0 Å². The largest absolute Gasteiger partial charge is 0.414 e. The normalized spacial score (nSPS) is 17.6. The lowest BCUT2D eigenvalue weighted by molar-refractivity contribution is -0.122. The summed E-state index contributed by atoms with van der Waals surface area (Å²) in [4.78, 5) is 11.8. The Labute approximate surface area is 127 Å². The summed E-state index contributed by atoms with van der Waals surface area (Å²) in [7, 11) is -1.72. The second-order valence-electron chi connectivity index (χ2n) is 7.76. The molecular weight excluding hydrogens is 264 g/mol. The zero-order chi connectivity index (χ0) is 16.1. The average molecular weight is 301 g/mol. The van der Waals surface area contributed by atoms with Crippen LogP contribution < -0.4 is 0 Å². The standard InChI is InChI=1S/C17H36O2Si/c1-10-15(18)13(3)12-14(4)16(11-2)19-20(8,9)17(5,6)7/h13-14,16H,10-12H2,1-9H3/t13?,14-,16-/m0/s1. The highest BCUT2D eigenvalue weighted by atomic mass is 28.4. The topological polar surface area (TPSA) is 26.3 Å². The fourth-order valence-electron chi connectivity index (χ4n) is 2.35. The fourth-order valence-corrected chi connectivity index (χ4v) is 3.86. The van der Waals surface area contributed by atoms with Gasteiger partial charge in [0.05, 0.1) is 0 Å². The van der Waals surface area contributed by atoms with Crippen molar-refractivity contribution >= 4 is 14.1 Å². The van der Waals surface area contributed by atoms with Gasteiger partial charge in [-0.25, -0.2) is 0 Å². The molecule has 0 aromatic heterocycles. The predicted molar refractivity (Wildman–Crippen MR) is 90.6 cm³/mol. The minimum Gasteiger partial charge on any atom is -0.414 e. The van der Waals surface area contributed by atoms with Crippen molar-refractivity contribution in [3.63, 3.8) is 0 Å². The van der Waals surface area contributed by atoms with E-state index in [4.69, 9.17) is 4.43 Å². The summed E-state index contributed by atoms with van der Waals surface area (Å²) in [5.74, 6) is 0.978. The number of rotatable bonds is 8. The van der Waals surface area contributed by atoms with Gasteiger partial charge in [-0.3, -0.25) is 4.79 Å². The molecule has 0 heterocycles. The Morgan fingerprint density at radius 3 is 2.00 bits per heavy atom. The maximum atomic E-state index is 11.8. The first kappa shape index (κ1) is 19.8. The summed E-state index contributed by atoms with van der Waals surface area (Å²) < 4.78 is 6.56. The van der Waals surface area contributed by atoms with E-state index in [0.717, 1.165) is 12.8 Å². The van der Waals surface area contributed by atoms with Gasteiger partial charge in [0, 0.05) is 18.4 Å². The minimum absolute atomic E-state index is 0.159. The van der Waals surface area contributed by atoms with Crippen molar-refractivity contribution in [1.29, 1.82) is 0 Å². The SMILES string of the molecule is CCC(=O)C(C)C[C@H](C)[C@H](CC)O[Si](C)(C)C(C)(C)C. The van der Waals surface area contributed by atoms with Gasteiger partial charge in [-0.1, -0.05) is 48.5 Å². The monoisotopic (exact) mass is 300 g/mol. The molecule has 0 aromatic rings. The number of carbonyl (C=O) groups excluding carboxylic acids is 1. The summed E-state index contributed by atoms with van der Waals surface area (Å²) in [5, 5.41) is 0.241. The van der Waals surface area contributed by atoms with Gasteiger partial charge in [0.25, 0.3) is 0 Å². The number of carbonyl (C=O) groups is 1. The Balaban J connectivity index is 4.72. The van der Waals surface area contributed by atoms with E-state index in [0.29, 0.717) is 18.1 Å². The molecule has 0 fully saturated rings. The van der Waals surface area contributed by atoms with Gasteiger partial charge in [-0.2, -0.15) is 0 Å². The van der Waals surface area contributed by atoms with Crippen molar-refractivity contribution in [2.45, 2.75) is 92.0 Å². The first-order chi connectivity index (χ1) is 8.96. The third kappa shape index (κ3) is 5.69. The van der Waals surface area contributed by atoms with E-state index >= 15 is 0 Å². The molecule has 3 atom stereocenters. The molecule has 2 nitrogen and oxygen atoms in total.